The van der Waals surface area contributed by atoms with Gasteiger partial charge in [0.05, 0.1) is 0 Å². The Balaban J connectivity index is 1.99. The summed E-state index contributed by atoms with van der Waals surface area (Å²) in [6.45, 7) is 8.59. The molecule has 2 heteroatoms. The minimum absolute atomic E-state index is 0.390. The Hall–Kier alpha value is -1.18. The molecular weight excluding hydrogens is 210 g/mol. The molecule has 0 atom stereocenters. The number of hydrogen-bond donors (Lipinski definition) is 2. The zero-order valence-corrected chi connectivity index (χ0v) is 11.2. The van der Waals surface area contributed by atoms with Crippen LogP contribution in [0.2, 0.25) is 0 Å². The van der Waals surface area contributed by atoms with E-state index >= 15 is 0 Å². The minimum Gasteiger partial charge on any atom is -0.508 e. The van der Waals surface area contributed by atoms with Crippen molar-refractivity contribution in [2.75, 3.05) is 5.32 Å². The molecule has 0 heterocycles. The Labute approximate surface area is 104 Å². The van der Waals surface area contributed by atoms with Crippen LogP contribution in [-0.4, -0.2) is 11.1 Å². The van der Waals surface area contributed by atoms with Gasteiger partial charge in [-0.2, -0.15) is 0 Å². The molecule has 2 nitrogen and oxygen atoms in total. The van der Waals surface area contributed by atoms with Gasteiger partial charge in [-0.25, -0.2) is 0 Å². The predicted octanol–water partition coefficient (Wildman–Crippen LogP) is 3.86. The Morgan fingerprint density at radius 1 is 1.18 bits per heavy atom. The first-order chi connectivity index (χ1) is 7.97. The maximum atomic E-state index is 9.62. The largest absolute Gasteiger partial charge is 0.508 e. The van der Waals surface area contributed by atoms with E-state index in [2.05, 4.69) is 19.2 Å². The van der Waals surface area contributed by atoms with Gasteiger partial charge in [0.25, 0.3) is 0 Å². The van der Waals surface area contributed by atoms with Crippen LogP contribution in [-0.2, 0) is 0 Å². The number of phenols is 1. The highest BCUT2D eigenvalue weighted by atomic mass is 16.3. The summed E-state index contributed by atoms with van der Waals surface area (Å²) in [6.07, 6.45) is 2.55. The van der Waals surface area contributed by atoms with E-state index in [0.29, 0.717) is 11.8 Å². The molecule has 1 aliphatic carbocycles. The fourth-order valence-corrected chi connectivity index (χ4v) is 2.50. The highest BCUT2D eigenvalue weighted by molar-refractivity contribution is 5.57. The van der Waals surface area contributed by atoms with E-state index in [4.69, 9.17) is 0 Å². The van der Waals surface area contributed by atoms with Crippen LogP contribution < -0.4 is 5.32 Å². The van der Waals surface area contributed by atoms with Crippen LogP contribution in [0.4, 0.5) is 5.69 Å². The molecule has 0 saturated heterocycles. The van der Waals surface area contributed by atoms with Crippen LogP contribution in [0.5, 0.6) is 5.75 Å². The molecule has 2 rings (SSSR count). The number of nitrogens with one attached hydrogen (secondary N) is 1. The lowest BCUT2D eigenvalue weighted by Gasteiger charge is -2.39. The van der Waals surface area contributed by atoms with Crippen LogP contribution in [0.1, 0.15) is 37.8 Å². The van der Waals surface area contributed by atoms with Gasteiger partial charge in [0.2, 0.25) is 0 Å². The summed E-state index contributed by atoms with van der Waals surface area (Å²) in [5.74, 6) is 2.07. The van der Waals surface area contributed by atoms with Crippen molar-refractivity contribution in [1.29, 1.82) is 0 Å². The molecule has 1 fully saturated rings. The molecular formula is C15H23NO. The topological polar surface area (TPSA) is 32.3 Å². The van der Waals surface area contributed by atoms with Crippen LogP contribution >= 0.6 is 0 Å². The second-order valence-electron chi connectivity index (χ2n) is 5.77. The third kappa shape index (κ3) is 2.56. The molecule has 94 valence electrons. The van der Waals surface area contributed by atoms with Crippen molar-refractivity contribution in [1.82, 2.24) is 0 Å². The van der Waals surface area contributed by atoms with Gasteiger partial charge in [-0.05, 0) is 61.8 Å². The van der Waals surface area contributed by atoms with Crippen molar-refractivity contribution >= 4 is 5.69 Å². The van der Waals surface area contributed by atoms with Gasteiger partial charge in [-0.3, -0.25) is 0 Å². The third-order valence-electron chi connectivity index (χ3n) is 4.02. The second kappa shape index (κ2) is 4.59. The van der Waals surface area contributed by atoms with Crippen molar-refractivity contribution in [2.45, 2.75) is 46.6 Å². The van der Waals surface area contributed by atoms with E-state index in [-0.39, 0.29) is 0 Å². The van der Waals surface area contributed by atoms with Gasteiger partial charge in [-0.1, -0.05) is 13.8 Å². The lowest BCUT2D eigenvalue weighted by molar-refractivity contribution is 0.212. The second-order valence-corrected chi connectivity index (χ2v) is 5.77. The average molecular weight is 233 g/mol. The van der Waals surface area contributed by atoms with Crippen LogP contribution in [0.3, 0.4) is 0 Å². The SMILES string of the molecule is Cc1cc(NC2CC(C(C)C)C2)c(C)cc1O. The third-order valence-corrected chi connectivity index (χ3v) is 4.02. The van der Waals surface area contributed by atoms with E-state index in [1.54, 1.807) is 0 Å². The van der Waals surface area contributed by atoms with Gasteiger partial charge in [0.15, 0.2) is 0 Å². The van der Waals surface area contributed by atoms with E-state index in [0.717, 1.165) is 23.0 Å². The predicted molar refractivity (Wildman–Crippen MR) is 72.6 cm³/mol. The highest BCUT2D eigenvalue weighted by Gasteiger charge is 2.31. The van der Waals surface area contributed by atoms with Crippen molar-refractivity contribution in [2.24, 2.45) is 11.8 Å². The molecule has 0 bridgehead atoms. The minimum atomic E-state index is 0.390. The summed E-state index contributed by atoms with van der Waals surface area (Å²) in [4.78, 5) is 0. The lowest BCUT2D eigenvalue weighted by atomic mass is 9.73. The first-order valence-corrected chi connectivity index (χ1v) is 6.54. The average Bonchev–Trinajstić information content (AvgIpc) is 2.17. The zero-order chi connectivity index (χ0) is 12.6. The highest BCUT2D eigenvalue weighted by Crippen LogP contribution is 2.36. The van der Waals surface area contributed by atoms with E-state index in [1.165, 1.54) is 18.5 Å². The Bertz CT molecular complexity index is 406. The lowest BCUT2D eigenvalue weighted by Crippen LogP contribution is -2.38. The van der Waals surface area contributed by atoms with Crippen molar-refractivity contribution in [3.8, 4) is 5.75 Å². The van der Waals surface area contributed by atoms with E-state index < -0.39 is 0 Å². The summed E-state index contributed by atoms with van der Waals surface area (Å²) >= 11 is 0. The Kier molecular flexibility index (Phi) is 3.32. The number of hydrogen-bond acceptors (Lipinski definition) is 2. The van der Waals surface area contributed by atoms with Gasteiger partial charge in [0, 0.05) is 11.7 Å². The van der Waals surface area contributed by atoms with Gasteiger partial charge < -0.3 is 10.4 Å². The quantitative estimate of drug-likeness (QED) is 0.777. The Morgan fingerprint density at radius 3 is 2.41 bits per heavy atom. The molecule has 2 N–H and O–H groups in total. The smallest absolute Gasteiger partial charge is 0.118 e. The fraction of sp³-hybridized carbons (Fsp3) is 0.600. The first-order valence-electron chi connectivity index (χ1n) is 6.54. The summed E-state index contributed by atoms with van der Waals surface area (Å²) < 4.78 is 0. The van der Waals surface area contributed by atoms with Crippen molar-refractivity contribution in [3.63, 3.8) is 0 Å². The molecule has 1 aromatic carbocycles. The maximum Gasteiger partial charge on any atom is 0.118 e. The molecule has 0 amide bonds. The molecule has 0 radical (unpaired) electrons. The molecule has 1 saturated carbocycles. The summed E-state index contributed by atoms with van der Waals surface area (Å²) in [7, 11) is 0. The normalized spacial score (nSPS) is 23.6. The zero-order valence-electron chi connectivity index (χ0n) is 11.2. The number of anilines is 1. The number of aromatic hydroxyl groups is 1. The Morgan fingerprint density at radius 2 is 1.82 bits per heavy atom. The van der Waals surface area contributed by atoms with Crippen molar-refractivity contribution < 1.29 is 5.11 Å². The summed E-state index contributed by atoms with van der Waals surface area (Å²) in [6, 6.07) is 4.51. The van der Waals surface area contributed by atoms with Gasteiger partial charge in [0.1, 0.15) is 5.75 Å². The first kappa shape index (κ1) is 12.3. The number of phenolic OH excluding ortho intramolecular Hbond substituents is 1. The van der Waals surface area contributed by atoms with Crippen LogP contribution in [0, 0.1) is 25.7 Å². The monoisotopic (exact) mass is 233 g/mol. The van der Waals surface area contributed by atoms with Gasteiger partial charge in [-0.15, -0.1) is 0 Å². The molecule has 17 heavy (non-hydrogen) atoms. The van der Waals surface area contributed by atoms with Crippen molar-refractivity contribution in [3.05, 3.63) is 23.3 Å². The molecule has 1 aromatic rings. The summed E-state index contributed by atoms with van der Waals surface area (Å²) in [5, 5.41) is 13.2. The molecule has 0 spiro atoms. The molecule has 0 aromatic heterocycles. The van der Waals surface area contributed by atoms with Crippen LogP contribution in [0.25, 0.3) is 0 Å². The molecule has 1 aliphatic rings. The summed E-state index contributed by atoms with van der Waals surface area (Å²) in [5.41, 5.74) is 3.24. The number of benzene rings is 1. The maximum absolute atomic E-state index is 9.62. The number of rotatable bonds is 3. The van der Waals surface area contributed by atoms with E-state index in [1.807, 2.05) is 26.0 Å². The molecule has 0 aliphatic heterocycles. The van der Waals surface area contributed by atoms with Crippen LogP contribution in [0.15, 0.2) is 12.1 Å². The fourth-order valence-electron chi connectivity index (χ4n) is 2.50. The standard InChI is InChI=1S/C15H23NO/c1-9(2)12-7-13(8-12)16-14-5-11(4)15(17)6-10(14)3/h5-6,9,12-13,16-17H,7-8H2,1-4H3. The van der Waals surface area contributed by atoms with Gasteiger partial charge >= 0.3 is 0 Å². The molecule has 0 unspecified atom stereocenters. The number of aryl methyl sites for hydroxylation is 2. The van der Waals surface area contributed by atoms with E-state index in [9.17, 15) is 5.11 Å².